The van der Waals surface area contributed by atoms with Gasteiger partial charge in [-0.05, 0) is 30.9 Å². The van der Waals surface area contributed by atoms with Crippen molar-refractivity contribution in [1.29, 1.82) is 0 Å². The van der Waals surface area contributed by atoms with Crippen LogP contribution >= 0.6 is 0 Å². The van der Waals surface area contributed by atoms with E-state index in [0.717, 1.165) is 36.1 Å². The van der Waals surface area contributed by atoms with E-state index in [0.29, 0.717) is 25.6 Å². The first-order valence-electron chi connectivity index (χ1n) is 9.38. The number of amides is 4. The van der Waals surface area contributed by atoms with Gasteiger partial charge in [0, 0.05) is 32.5 Å². The molecule has 2 aliphatic heterocycles. The predicted octanol–water partition coefficient (Wildman–Crippen LogP) is 1.29. The Kier molecular flexibility index (Phi) is 4.79. The molecule has 3 heterocycles. The van der Waals surface area contributed by atoms with Gasteiger partial charge in [0.15, 0.2) is 0 Å². The summed E-state index contributed by atoms with van der Waals surface area (Å²) in [5.41, 5.74) is 2.04. The second kappa shape index (κ2) is 7.38. The fourth-order valence-electron chi connectivity index (χ4n) is 3.78. The summed E-state index contributed by atoms with van der Waals surface area (Å²) in [4.78, 5) is 46.7. The number of piperidine rings is 1. The molecule has 2 N–H and O–H groups in total. The van der Waals surface area contributed by atoms with Crippen molar-refractivity contribution in [2.45, 2.75) is 25.7 Å². The van der Waals surface area contributed by atoms with Gasteiger partial charge >= 0.3 is 6.03 Å². The molecule has 142 valence electrons. The summed E-state index contributed by atoms with van der Waals surface area (Å²) in [5, 5.41) is 2.25. The molecule has 8 heteroatoms. The second-order valence-corrected chi connectivity index (χ2v) is 7.25. The molecule has 0 unspecified atom stereocenters. The van der Waals surface area contributed by atoms with E-state index in [1.807, 2.05) is 29.2 Å². The van der Waals surface area contributed by atoms with Gasteiger partial charge in [-0.1, -0.05) is 12.1 Å². The van der Waals surface area contributed by atoms with E-state index in [-0.39, 0.29) is 24.8 Å². The van der Waals surface area contributed by atoms with Crippen LogP contribution in [0, 0.1) is 5.92 Å². The van der Waals surface area contributed by atoms with Crippen LogP contribution < -0.4 is 5.32 Å². The number of aromatic nitrogens is 2. The second-order valence-electron chi connectivity index (χ2n) is 7.25. The minimum Gasteiger partial charge on any atom is -0.342 e. The number of imidazole rings is 1. The van der Waals surface area contributed by atoms with E-state index in [2.05, 4.69) is 15.3 Å². The third-order valence-electron chi connectivity index (χ3n) is 5.36. The van der Waals surface area contributed by atoms with Crippen LogP contribution in [0.1, 0.15) is 25.1 Å². The van der Waals surface area contributed by atoms with Gasteiger partial charge in [0.1, 0.15) is 12.4 Å². The van der Waals surface area contributed by atoms with Gasteiger partial charge in [-0.25, -0.2) is 9.78 Å². The normalized spacial score (nSPS) is 18.8. The average molecular weight is 369 g/mol. The van der Waals surface area contributed by atoms with Crippen LogP contribution in [0.2, 0.25) is 0 Å². The Morgan fingerprint density at radius 1 is 1.15 bits per heavy atom. The highest BCUT2D eigenvalue weighted by molar-refractivity contribution is 5.98. The molecule has 2 fully saturated rings. The maximum Gasteiger partial charge on any atom is 0.324 e. The quantitative estimate of drug-likeness (QED) is 0.848. The minimum atomic E-state index is -0.473. The number of nitrogens with one attached hydrogen (secondary N) is 2. The zero-order chi connectivity index (χ0) is 18.8. The average Bonchev–Trinajstić information content (AvgIpc) is 3.07. The first-order chi connectivity index (χ1) is 13.1. The van der Waals surface area contributed by atoms with Gasteiger partial charge in [-0.2, -0.15) is 0 Å². The number of likely N-dealkylation sites (tertiary alicyclic amines) is 1. The highest BCUT2D eigenvalue weighted by Gasteiger charge is 2.28. The van der Waals surface area contributed by atoms with Gasteiger partial charge < -0.3 is 14.8 Å². The van der Waals surface area contributed by atoms with Crippen LogP contribution in [0.4, 0.5) is 4.79 Å². The summed E-state index contributed by atoms with van der Waals surface area (Å²) in [7, 11) is 0. The molecule has 2 saturated heterocycles. The fraction of sp³-hybridized carbons (Fsp3) is 0.474. The van der Waals surface area contributed by atoms with Crippen molar-refractivity contribution in [3.8, 4) is 0 Å². The monoisotopic (exact) mass is 369 g/mol. The molecule has 8 nitrogen and oxygen atoms in total. The van der Waals surface area contributed by atoms with Gasteiger partial charge in [-0.15, -0.1) is 0 Å². The lowest BCUT2D eigenvalue weighted by Gasteiger charge is -2.34. The number of urea groups is 1. The van der Waals surface area contributed by atoms with E-state index in [9.17, 15) is 14.4 Å². The highest BCUT2D eigenvalue weighted by Crippen LogP contribution is 2.22. The highest BCUT2D eigenvalue weighted by atomic mass is 16.2. The lowest BCUT2D eigenvalue weighted by molar-refractivity contribution is -0.134. The van der Waals surface area contributed by atoms with Crippen molar-refractivity contribution < 1.29 is 14.4 Å². The zero-order valence-corrected chi connectivity index (χ0v) is 15.1. The molecule has 2 aromatic rings. The first kappa shape index (κ1) is 17.5. The summed E-state index contributed by atoms with van der Waals surface area (Å²) in [6, 6.07) is 7.53. The number of nitrogens with zero attached hydrogens (tertiary/aromatic N) is 3. The number of aromatic amines is 1. The van der Waals surface area contributed by atoms with Crippen LogP contribution in [0.15, 0.2) is 24.3 Å². The molecule has 4 rings (SSSR count). The van der Waals surface area contributed by atoms with Gasteiger partial charge in [0.05, 0.1) is 11.0 Å². The van der Waals surface area contributed by atoms with E-state index in [1.165, 1.54) is 4.90 Å². The summed E-state index contributed by atoms with van der Waals surface area (Å²) in [5.74, 6) is 1.15. The standard InChI is InChI=1S/C19H23N5O3/c25-17-7-10-24(19(27)22-17)12-18(26)23-8-5-13(6-9-23)11-16-20-14-3-1-2-4-15(14)21-16/h1-4,13H,5-12H2,(H,20,21)(H,22,25,27). The molecule has 0 spiro atoms. The largest absolute Gasteiger partial charge is 0.342 e. The Morgan fingerprint density at radius 2 is 1.93 bits per heavy atom. The number of benzene rings is 1. The van der Waals surface area contributed by atoms with Gasteiger partial charge in [-0.3, -0.25) is 14.9 Å². The Hall–Kier alpha value is -2.90. The number of hydrogen-bond donors (Lipinski definition) is 2. The third kappa shape index (κ3) is 3.94. The Labute approximate surface area is 156 Å². The predicted molar refractivity (Wildman–Crippen MR) is 98.8 cm³/mol. The number of imide groups is 1. The van der Waals surface area contributed by atoms with Crippen LogP contribution in [-0.2, 0) is 16.0 Å². The van der Waals surface area contributed by atoms with Crippen LogP contribution in [0.5, 0.6) is 0 Å². The fourth-order valence-corrected chi connectivity index (χ4v) is 3.78. The number of rotatable bonds is 4. The van der Waals surface area contributed by atoms with Crippen molar-refractivity contribution in [1.82, 2.24) is 25.1 Å². The molecule has 2 aliphatic rings. The number of H-pyrrole nitrogens is 1. The van der Waals surface area contributed by atoms with Crippen LogP contribution in [-0.4, -0.2) is 63.8 Å². The van der Waals surface area contributed by atoms with Crippen LogP contribution in [0.3, 0.4) is 0 Å². The Morgan fingerprint density at radius 3 is 2.67 bits per heavy atom. The molecule has 0 aliphatic carbocycles. The Balaban J connectivity index is 1.27. The van der Waals surface area contributed by atoms with Crippen molar-refractivity contribution in [2.24, 2.45) is 5.92 Å². The minimum absolute atomic E-state index is 0.0351. The summed E-state index contributed by atoms with van der Waals surface area (Å²) in [6.45, 7) is 1.72. The zero-order valence-electron chi connectivity index (χ0n) is 15.1. The number of para-hydroxylation sites is 2. The lowest BCUT2D eigenvalue weighted by atomic mass is 9.93. The number of carbonyl (C=O) groups is 3. The van der Waals surface area contributed by atoms with Gasteiger partial charge in [0.2, 0.25) is 11.8 Å². The number of hydrogen-bond acceptors (Lipinski definition) is 4. The first-order valence-corrected chi connectivity index (χ1v) is 9.38. The molecule has 27 heavy (non-hydrogen) atoms. The van der Waals surface area contributed by atoms with E-state index in [4.69, 9.17) is 0 Å². The molecule has 0 bridgehead atoms. The maximum absolute atomic E-state index is 12.5. The topological polar surface area (TPSA) is 98.4 Å². The van der Waals surface area contributed by atoms with Crippen molar-refractivity contribution in [3.63, 3.8) is 0 Å². The number of carbonyl (C=O) groups excluding carboxylic acids is 3. The molecule has 4 amide bonds. The van der Waals surface area contributed by atoms with Crippen LogP contribution in [0.25, 0.3) is 11.0 Å². The van der Waals surface area contributed by atoms with E-state index in [1.54, 1.807) is 0 Å². The molecule has 0 atom stereocenters. The summed E-state index contributed by atoms with van der Waals surface area (Å²) in [6.07, 6.45) is 2.98. The maximum atomic E-state index is 12.5. The van der Waals surface area contributed by atoms with Gasteiger partial charge in [0.25, 0.3) is 0 Å². The molecule has 0 radical (unpaired) electrons. The van der Waals surface area contributed by atoms with Crippen molar-refractivity contribution in [2.75, 3.05) is 26.2 Å². The molecule has 1 aromatic carbocycles. The van der Waals surface area contributed by atoms with Crippen molar-refractivity contribution >= 4 is 28.9 Å². The van der Waals surface area contributed by atoms with Crippen molar-refractivity contribution in [3.05, 3.63) is 30.1 Å². The molecular formula is C19H23N5O3. The van der Waals surface area contributed by atoms with E-state index < -0.39 is 6.03 Å². The molecule has 1 aromatic heterocycles. The summed E-state index contributed by atoms with van der Waals surface area (Å²) < 4.78 is 0. The Bertz CT molecular complexity index is 836. The molecule has 0 saturated carbocycles. The van der Waals surface area contributed by atoms with E-state index >= 15 is 0 Å². The third-order valence-corrected chi connectivity index (χ3v) is 5.36. The smallest absolute Gasteiger partial charge is 0.324 e. The molecular weight excluding hydrogens is 346 g/mol. The summed E-state index contributed by atoms with van der Waals surface area (Å²) >= 11 is 0. The SMILES string of the molecule is O=C1CCN(CC(=O)N2CCC(Cc3nc4ccccc4[nH]3)CC2)C(=O)N1. The number of fused-ring (bicyclic) bond motifs is 1. The lowest BCUT2D eigenvalue weighted by Crippen LogP contribution is -2.53.